The molecule has 0 saturated carbocycles. The van der Waals surface area contributed by atoms with E-state index in [0.717, 1.165) is 0 Å². The molecule has 1 atom stereocenters. The van der Waals surface area contributed by atoms with Crippen LogP contribution < -0.4 is 5.32 Å². The molecule has 2 N–H and O–H groups in total. The number of nitrogens with one attached hydrogen (secondary N) is 1. The van der Waals surface area contributed by atoms with Crippen LogP contribution in [0, 0.1) is 0 Å². The third-order valence-corrected chi connectivity index (χ3v) is 2.08. The number of carboxylic acid groups (broad SMARTS) is 1. The van der Waals surface area contributed by atoms with E-state index in [1.807, 2.05) is 6.92 Å². The second-order valence-corrected chi connectivity index (χ2v) is 3.41. The maximum Gasteiger partial charge on any atom is 0.356 e. The monoisotopic (exact) mass is 226 g/mol. The Morgan fingerprint density at radius 1 is 1.73 bits per heavy atom. The van der Waals surface area contributed by atoms with Crippen LogP contribution in [-0.4, -0.2) is 22.1 Å². The Morgan fingerprint density at radius 2 is 2.40 bits per heavy atom. The molecule has 0 saturated heterocycles. The quantitative estimate of drug-likeness (QED) is 0.774. The highest BCUT2D eigenvalue weighted by molar-refractivity contribution is 6.33. The summed E-state index contributed by atoms with van der Waals surface area (Å²) in [5, 5.41) is 11.9. The van der Waals surface area contributed by atoms with E-state index in [9.17, 15) is 4.79 Å². The summed E-state index contributed by atoms with van der Waals surface area (Å²) >= 11 is 5.67. The summed E-state index contributed by atoms with van der Waals surface area (Å²) in [5.74, 6) is -0.681. The number of halogens is 1. The molecule has 1 rings (SSSR count). The summed E-state index contributed by atoms with van der Waals surface area (Å²) in [5.41, 5.74) is -0.155. The topological polar surface area (TPSA) is 62.2 Å². The maximum absolute atomic E-state index is 10.7. The van der Waals surface area contributed by atoms with Gasteiger partial charge in [0, 0.05) is 6.04 Å². The number of aromatic nitrogens is 1. The van der Waals surface area contributed by atoms with Crippen molar-refractivity contribution in [3.05, 3.63) is 35.5 Å². The summed E-state index contributed by atoms with van der Waals surface area (Å²) in [6.07, 6.45) is 1.69. The minimum Gasteiger partial charge on any atom is -0.476 e. The van der Waals surface area contributed by atoms with Gasteiger partial charge in [0.1, 0.15) is 5.82 Å². The van der Waals surface area contributed by atoms with E-state index in [1.54, 1.807) is 12.1 Å². The van der Waals surface area contributed by atoms with Gasteiger partial charge in [0.15, 0.2) is 5.69 Å². The van der Waals surface area contributed by atoms with Gasteiger partial charge in [0.25, 0.3) is 0 Å². The highest BCUT2D eigenvalue weighted by Crippen LogP contribution is 2.17. The lowest BCUT2D eigenvalue weighted by Crippen LogP contribution is -2.14. The average Bonchev–Trinajstić information content (AvgIpc) is 2.20. The van der Waals surface area contributed by atoms with Crippen LogP contribution >= 0.6 is 11.6 Å². The van der Waals surface area contributed by atoms with Gasteiger partial charge in [0.05, 0.1) is 5.02 Å². The molecular weight excluding hydrogens is 216 g/mol. The summed E-state index contributed by atoms with van der Waals surface area (Å²) in [6, 6.07) is 3.13. The number of hydrogen-bond donors (Lipinski definition) is 2. The lowest BCUT2D eigenvalue weighted by molar-refractivity contribution is 0.0691. The zero-order valence-corrected chi connectivity index (χ0v) is 8.95. The third kappa shape index (κ3) is 2.95. The Kier molecular flexibility index (Phi) is 3.68. The van der Waals surface area contributed by atoms with Crippen LogP contribution in [0.4, 0.5) is 5.82 Å². The lowest BCUT2D eigenvalue weighted by atomic mass is 10.3. The van der Waals surface area contributed by atoms with Crippen LogP contribution in [0.3, 0.4) is 0 Å². The molecule has 4 nitrogen and oxygen atoms in total. The Hall–Kier alpha value is -1.55. The number of pyridine rings is 1. The smallest absolute Gasteiger partial charge is 0.356 e. The number of hydrogen-bond acceptors (Lipinski definition) is 3. The molecule has 1 aromatic heterocycles. The predicted octanol–water partition coefficient (Wildman–Crippen LogP) is 2.42. The van der Waals surface area contributed by atoms with Crippen molar-refractivity contribution in [1.82, 2.24) is 4.98 Å². The molecule has 0 radical (unpaired) electrons. The zero-order chi connectivity index (χ0) is 11.4. The molecule has 80 valence electrons. The second-order valence-electron chi connectivity index (χ2n) is 3.00. The molecule has 0 aliphatic heterocycles. The van der Waals surface area contributed by atoms with Gasteiger partial charge >= 0.3 is 5.97 Å². The van der Waals surface area contributed by atoms with E-state index in [0.29, 0.717) is 5.82 Å². The van der Waals surface area contributed by atoms with E-state index in [2.05, 4.69) is 16.9 Å². The van der Waals surface area contributed by atoms with Crippen molar-refractivity contribution in [3.63, 3.8) is 0 Å². The van der Waals surface area contributed by atoms with Crippen molar-refractivity contribution >= 4 is 23.4 Å². The fourth-order valence-electron chi connectivity index (χ4n) is 0.965. The number of carbonyl (C=O) groups is 1. The first kappa shape index (κ1) is 11.5. The molecule has 0 amide bonds. The molecule has 0 aromatic carbocycles. The summed E-state index contributed by atoms with van der Waals surface area (Å²) in [7, 11) is 0. The molecular formula is C10H11ClN2O2. The van der Waals surface area contributed by atoms with Crippen molar-refractivity contribution in [2.45, 2.75) is 13.0 Å². The van der Waals surface area contributed by atoms with Gasteiger partial charge < -0.3 is 10.4 Å². The lowest BCUT2D eigenvalue weighted by Gasteiger charge is -2.10. The van der Waals surface area contributed by atoms with Crippen molar-refractivity contribution in [2.24, 2.45) is 0 Å². The molecule has 1 heterocycles. The third-order valence-electron chi connectivity index (χ3n) is 1.78. The highest BCUT2D eigenvalue weighted by Gasteiger charge is 2.11. The summed E-state index contributed by atoms with van der Waals surface area (Å²) in [6.45, 7) is 5.48. The van der Waals surface area contributed by atoms with Gasteiger partial charge in [-0.05, 0) is 19.1 Å². The fraction of sp³-hybridized carbons (Fsp3) is 0.200. The van der Waals surface area contributed by atoms with E-state index >= 15 is 0 Å². The number of rotatable bonds is 4. The van der Waals surface area contributed by atoms with Crippen molar-refractivity contribution < 1.29 is 9.90 Å². The second kappa shape index (κ2) is 4.79. The first-order valence-electron chi connectivity index (χ1n) is 4.33. The minimum atomic E-state index is -1.14. The largest absolute Gasteiger partial charge is 0.476 e. The standard InChI is InChI=1S/C10H11ClN2O2/c1-3-6(2)12-8-5-4-7(11)9(13-8)10(14)15/h3-6H,1H2,2H3,(H,12,13)(H,14,15). The number of nitrogens with zero attached hydrogens (tertiary/aromatic N) is 1. The molecule has 0 fully saturated rings. The maximum atomic E-state index is 10.7. The highest BCUT2D eigenvalue weighted by atomic mass is 35.5. The van der Waals surface area contributed by atoms with Crippen molar-refractivity contribution in [1.29, 1.82) is 0 Å². The number of anilines is 1. The Labute approximate surface area is 92.6 Å². The van der Waals surface area contributed by atoms with Crippen LogP contribution in [-0.2, 0) is 0 Å². The van der Waals surface area contributed by atoms with Gasteiger partial charge in [-0.3, -0.25) is 0 Å². The predicted molar refractivity (Wildman–Crippen MR) is 59.5 cm³/mol. The normalized spacial score (nSPS) is 11.9. The molecule has 1 unspecified atom stereocenters. The number of aromatic carboxylic acids is 1. The van der Waals surface area contributed by atoms with Gasteiger partial charge in [-0.15, -0.1) is 6.58 Å². The zero-order valence-electron chi connectivity index (χ0n) is 8.20. The van der Waals surface area contributed by atoms with Crippen LogP contribution in [0.5, 0.6) is 0 Å². The van der Waals surface area contributed by atoms with E-state index < -0.39 is 5.97 Å². The molecule has 0 spiro atoms. The molecule has 15 heavy (non-hydrogen) atoms. The van der Waals surface area contributed by atoms with Crippen molar-refractivity contribution in [3.8, 4) is 0 Å². The first-order chi connectivity index (χ1) is 7.04. The first-order valence-corrected chi connectivity index (χ1v) is 4.71. The molecule has 0 aliphatic rings. The van der Waals surface area contributed by atoms with Crippen LogP contribution in [0.2, 0.25) is 5.02 Å². The van der Waals surface area contributed by atoms with E-state index in [4.69, 9.17) is 16.7 Å². The Bertz CT molecular complexity index is 393. The molecule has 0 aliphatic carbocycles. The summed E-state index contributed by atoms with van der Waals surface area (Å²) < 4.78 is 0. The molecule has 5 heteroatoms. The minimum absolute atomic E-state index is 0.0142. The van der Waals surface area contributed by atoms with Crippen molar-refractivity contribution in [2.75, 3.05) is 5.32 Å². The van der Waals surface area contributed by atoms with Gasteiger partial charge in [0.2, 0.25) is 0 Å². The fourth-order valence-corrected chi connectivity index (χ4v) is 1.15. The SMILES string of the molecule is C=CC(C)Nc1ccc(Cl)c(C(=O)O)n1. The molecule has 0 bridgehead atoms. The molecule has 1 aromatic rings. The van der Waals surface area contributed by atoms with Gasteiger partial charge in [-0.25, -0.2) is 9.78 Å². The van der Waals surface area contributed by atoms with Gasteiger partial charge in [-0.2, -0.15) is 0 Å². The Balaban J connectivity index is 2.97. The average molecular weight is 227 g/mol. The number of carboxylic acids is 1. The van der Waals surface area contributed by atoms with Crippen LogP contribution in [0.25, 0.3) is 0 Å². The van der Waals surface area contributed by atoms with Crippen LogP contribution in [0.15, 0.2) is 24.8 Å². The van der Waals surface area contributed by atoms with Crippen LogP contribution in [0.1, 0.15) is 17.4 Å². The van der Waals surface area contributed by atoms with Gasteiger partial charge in [-0.1, -0.05) is 17.7 Å². The van der Waals surface area contributed by atoms with E-state index in [1.165, 1.54) is 6.07 Å². The van der Waals surface area contributed by atoms with E-state index in [-0.39, 0.29) is 16.8 Å². The summed E-state index contributed by atoms with van der Waals surface area (Å²) in [4.78, 5) is 14.6. The Morgan fingerprint density at radius 3 is 2.93 bits per heavy atom.